The molecule has 0 aliphatic heterocycles. The number of aryl methyl sites for hydroxylation is 1. The number of hydrogen-bond donors (Lipinski definition) is 2. The van der Waals surface area contributed by atoms with Crippen molar-refractivity contribution >= 4 is 11.5 Å². The Kier molecular flexibility index (Phi) is 5.84. The van der Waals surface area contributed by atoms with Crippen LogP contribution in [0.2, 0.25) is 0 Å². The van der Waals surface area contributed by atoms with Crippen molar-refractivity contribution in [2.24, 2.45) is 0 Å². The van der Waals surface area contributed by atoms with Crippen LogP contribution in [0.5, 0.6) is 0 Å². The maximum absolute atomic E-state index is 12.3. The van der Waals surface area contributed by atoms with E-state index in [1.807, 2.05) is 49.9 Å². The number of anilines is 2. The zero-order valence-corrected chi connectivity index (χ0v) is 14.6. The number of nitrogens with zero attached hydrogens (tertiary/aromatic N) is 2. The Morgan fingerprint density at radius 2 is 1.83 bits per heavy atom. The molecule has 0 fully saturated rings. The van der Waals surface area contributed by atoms with Crippen LogP contribution in [0.3, 0.4) is 0 Å². The minimum absolute atomic E-state index is 0.242. The van der Waals surface area contributed by atoms with Gasteiger partial charge in [0.05, 0.1) is 0 Å². The summed E-state index contributed by atoms with van der Waals surface area (Å²) in [5, 5.41) is 0. The van der Waals surface area contributed by atoms with Gasteiger partial charge in [0, 0.05) is 19.6 Å². The van der Waals surface area contributed by atoms with Gasteiger partial charge >= 0.3 is 5.69 Å². The lowest BCUT2D eigenvalue weighted by Gasteiger charge is -2.25. The van der Waals surface area contributed by atoms with Gasteiger partial charge in [-0.1, -0.05) is 43.2 Å². The summed E-state index contributed by atoms with van der Waals surface area (Å²) in [6.07, 6.45) is 1.78. The van der Waals surface area contributed by atoms with E-state index in [1.165, 1.54) is 10.1 Å². The van der Waals surface area contributed by atoms with Gasteiger partial charge in [0.2, 0.25) is 0 Å². The monoisotopic (exact) mass is 330 g/mol. The molecule has 0 amide bonds. The van der Waals surface area contributed by atoms with Crippen molar-refractivity contribution in [3.05, 3.63) is 56.2 Å². The number of nitrogen functional groups attached to an aromatic ring is 1. The average molecular weight is 330 g/mol. The molecule has 0 aliphatic carbocycles. The zero-order valence-electron chi connectivity index (χ0n) is 14.6. The smallest absolute Gasteiger partial charge is 0.330 e. The van der Waals surface area contributed by atoms with Crippen LogP contribution < -0.4 is 21.9 Å². The molecule has 0 unspecified atom stereocenters. The highest BCUT2D eigenvalue weighted by atomic mass is 16.2. The lowest BCUT2D eigenvalue weighted by atomic mass is 10.1. The van der Waals surface area contributed by atoms with Crippen molar-refractivity contribution in [1.82, 2.24) is 9.55 Å². The van der Waals surface area contributed by atoms with Crippen molar-refractivity contribution in [2.45, 2.75) is 46.7 Å². The van der Waals surface area contributed by atoms with Gasteiger partial charge in [-0.3, -0.25) is 14.3 Å². The summed E-state index contributed by atoms with van der Waals surface area (Å²) in [6.45, 7) is 7.74. The lowest BCUT2D eigenvalue weighted by Crippen LogP contribution is -2.38. The van der Waals surface area contributed by atoms with Crippen LogP contribution in [0.4, 0.5) is 11.5 Å². The zero-order chi connectivity index (χ0) is 17.7. The molecule has 1 heterocycles. The van der Waals surface area contributed by atoms with Gasteiger partial charge in [0.25, 0.3) is 5.56 Å². The van der Waals surface area contributed by atoms with Gasteiger partial charge in [-0.15, -0.1) is 0 Å². The molecule has 2 aromatic rings. The summed E-state index contributed by atoms with van der Waals surface area (Å²) >= 11 is 0. The van der Waals surface area contributed by atoms with Crippen LogP contribution in [-0.2, 0) is 13.1 Å². The maximum Gasteiger partial charge on any atom is 0.330 e. The summed E-state index contributed by atoms with van der Waals surface area (Å²) in [5.41, 5.74) is 7.95. The standard InChI is InChI=1S/C18H26N4O2/c1-4-6-11-22-16(19)15(17(23)20-18(22)24)21(5-2)12-14-9-7-13(3)8-10-14/h7-10H,4-6,11-12,19H2,1-3H3,(H,20,23,24). The third-order valence-electron chi connectivity index (χ3n) is 4.14. The highest BCUT2D eigenvalue weighted by Gasteiger charge is 2.17. The number of benzene rings is 1. The van der Waals surface area contributed by atoms with Gasteiger partial charge < -0.3 is 10.6 Å². The molecule has 0 spiro atoms. The molecular weight excluding hydrogens is 304 g/mol. The first kappa shape index (κ1) is 17.8. The number of unbranched alkanes of at least 4 members (excludes halogenated alkanes) is 1. The molecule has 0 saturated carbocycles. The molecule has 24 heavy (non-hydrogen) atoms. The maximum atomic E-state index is 12.3. The fraction of sp³-hybridized carbons (Fsp3) is 0.444. The van der Waals surface area contributed by atoms with E-state index in [0.29, 0.717) is 25.3 Å². The molecule has 2 rings (SSSR count). The average Bonchev–Trinajstić information content (AvgIpc) is 2.55. The van der Waals surface area contributed by atoms with E-state index in [4.69, 9.17) is 5.73 Å². The molecule has 0 aliphatic rings. The molecule has 130 valence electrons. The number of nitrogens with two attached hydrogens (primary N) is 1. The van der Waals surface area contributed by atoms with Crippen molar-refractivity contribution in [2.75, 3.05) is 17.2 Å². The summed E-state index contributed by atoms with van der Waals surface area (Å²) in [6, 6.07) is 8.16. The van der Waals surface area contributed by atoms with Gasteiger partial charge in [-0.05, 0) is 25.8 Å². The van der Waals surface area contributed by atoms with E-state index in [9.17, 15) is 9.59 Å². The normalized spacial score (nSPS) is 10.8. The van der Waals surface area contributed by atoms with Crippen molar-refractivity contribution in [3.8, 4) is 0 Å². The van der Waals surface area contributed by atoms with E-state index in [-0.39, 0.29) is 5.82 Å². The Morgan fingerprint density at radius 1 is 1.17 bits per heavy atom. The Bertz CT molecular complexity index is 790. The van der Waals surface area contributed by atoms with Crippen LogP contribution in [-0.4, -0.2) is 16.1 Å². The number of hydrogen-bond acceptors (Lipinski definition) is 4. The molecule has 6 nitrogen and oxygen atoms in total. The number of aromatic amines is 1. The number of rotatable bonds is 7. The fourth-order valence-electron chi connectivity index (χ4n) is 2.68. The van der Waals surface area contributed by atoms with Crippen LogP contribution in [0.15, 0.2) is 33.9 Å². The number of nitrogens with one attached hydrogen (secondary N) is 1. The summed E-state index contributed by atoms with van der Waals surface area (Å²) in [7, 11) is 0. The highest BCUT2D eigenvalue weighted by Crippen LogP contribution is 2.19. The predicted octanol–water partition coefficient (Wildman–Crippen LogP) is 2.25. The van der Waals surface area contributed by atoms with Crippen LogP contribution in [0.25, 0.3) is 0 Å². The molecule has 0 bridgehead atoms. The molecule has 0 radical (unpaired) electrons. The van der Waals surface area contributed by atoms with Crippen molar-refractivity contribution in [3.63, 3.8) is 0 Å². The Hall–Kier alpha value is -2.50. The van der Waals surface area contributed by atoms with Crippen LogP contribution in [0, 0.1) is 6.92 Å². The first-order chi connectivity index (χ1) is 11.5. The van der Waals surface area contributed by atoms with E-state index in [2.05, 4.69) is 4.98 Å². The molecule has 6 heteroatoms. The molecule has 0 saturated heterocycles. The van der Waals surface area contributed by atoms with Crippen molar-refractivity contribution in [1.29, 1.82) is 0 Å². The summed E-state index contributed by atoms with van der Waals surface area (Å²) in [4.78, 5) is 28.7. The molecule has 3 N–H and O–H groups in total. The SMILES string of the molecule is CCCCn1c(N)c(N(CC)Cc2ccc(C)cc2)c(=O)[nH]c1=O. The van der Waals surface area contributed by atoms with Gasteiger partial charge in [-0.25, -0.2) is 4.79 Å². The van der Waals surface area contributed by atoms with Crippen LogP contribution in [0.1, 0.15) is 37.8 Å². The largest absolute Gasteiger partial charge is 0.383 e. The minimum atomic E-state index is -0.443. The van der Waals surface area contributed by atoms with Crippen LogP contribution >= 0.6 is 0 Å². The minimum Gasteiger partial charge on any atom is -0.383 e. The summed E-state index contributed by atoms with van der Waals surface area (Å²) < 4.78 is 1.46. The summed E-state index contributed by atoms with van der Waals surface area (Å²) in [5.74, 6) is 0.242. The molecule has 1 aromatic carbocycles. The lowest BCUT2D eigenvalue weighted by molar-refractivity contribution is 0.602. The molecular formula is C18H26N4O2. The van der Waals surface area contributed by atoms with E-state index in [1.54, 1.807) is 0 Å². The second kappa shape index (κ2) is 7.86. The van der Waals surface area contributed by atoms with E-state index >= 15 is 0 Å². The van der Waals surface area contributed by atoms with Gasteiger partial charge in [0.1, 0.15) is 11.5 Å². The van der Waals surface area contributed by atoms with Gasteiger partial charge in [-0.2, -0.15) is 0 Å². The van der Waals surface area contributed by atoms with E-state index < -0.39 is 11.2 Å². The fourth-order valence-corrected chi connectivity index (χ4v) is 2.68. The predicted molar refractivity (Wildman–Crippen MR) is 98.5 cm³/mol. The van der Waals surface area contributed by atoms with E-state index in [0.717, 1.165) is 18.4 Å². The Morgan fingerprint density at radius 3 is 2.42 bits per heavy atom. The molecule has 1 aromatic heterocycles. The van der Waals surface area contributed by atoms with Crippen molar-refractivity contribution < 1.29 is 0 Å². The second-order valence-electron chi connectivity index (χ2n) is 6.00. The Balaban J connectivity index is 2.41. The quantitative estimate of drug-likeness (QED) is 0.815. The third kappa shape index (κ3) is 3.88. The Labute approximate surface area is 141 Å². The first-order valence-electron chi connectivity index (χ1n) is 8.41. The number of aromatic nitrogens is 2. The second-order valence-corrected chi connectivity index (χ2v) is 6.00. The third-order valence-corrected chi connectivity index (χ3v) is 4.14. The topological polar surface area (TPSA) is 84.1 Å². The molecule has 0 atom stereocenters. The number of H-pyrrole nitrogens is 1. The van der Waals surface area contributed by atoms with Gasteiger partial charge in [0.15, 0.2) is 0 Å². The first-order valence-corrected chi connectivity index (χ1v) is 8.41. The highest BCUT2D eigenvalue weighted by molar-refractivity contribution is 5.62.